The molecule has 0 bridgehead atoms. The molecule has 0 saturated heterocycles. The molecule has 134 valence electrons. The van der Waals surface area contributed by atoms with Gasteiger partial charge in [0, 0.05) is 5.69 Å². The average molecular weight is 350 g/mol. The van der Waals surface area contributed by atoms with Gasteiger partial charge in [-0.25, -0.2) is 0 Å². The third-order valence-electron chi connectivity index (χ3n) is 4.16. The van der Waals surface area contributed by atoms with Crippen molar-refractivity contribution in [1.82, 2.24) is 5.16 Å². The Labute approximate surface area is 153 Å². The molecular formula is C21H22N2O3. The summed E-state index contributed by atoms with van der Waals surface area (Å²) in [5, 5.41) is 6.76. The van der Waals surface area contributed by atoms with Crippen molar-refractivity contribution in [2.24, 2.45) is 0 Å². The Bertz CT molecular complexity index is 868. The summed E-state index contributed by atoms with van der Waals surface area (Å²) in [5.74, 6) is 1.43. The third-order valence-corrected chi connectivity index (χ3v) is 4.16. The van der Waals surface area contributed by atoms with Crippen molar-refractivity contribution in [1.29, 1.82) is 0 Å². The van der Waals surface area contributed by atoms with Crippen molar-refractivity contribution in [3.63, 3.8) is 0 Å². The minimum absolute atomic E-state index is 0.217. The number of ether oxygens (including phenoxy) is 1. The summed E-state index contributed by atoms with van der Waals surface area (Å²) in [6, 6.07) is 17.2. The van der Waals surface area contributed by atoms with E-state index in [0.717, 1.165) is 11.4 Å². The first kappa shape index (κ1) is 17.7. The van der Waals surface area contributed by atoms with Crippen LogP contribution in [0, 0.1) is 6.92 Å². The van der Waals surface area contributed by atoms with Gasteiger partial charge in [0.1, 0.15) is 18.1 Å². The summed E-state index contributed by atoms with van der Waals surface area (Å²) in [5.41, 5.74) is 2.82. The van der Waals surface area contributed by atoms with E-state index < -0.39 is 0 Å². The molecular weight excluding hydrogens is 328 g/mol. The van der Waals surface area contributed by atoms with Crippen LogP contribution in [0.2, 0.25) is 0 Å². The van der Waals surface area contributed by atoms with Gasteiger partial charge in [-0.15, -0.1) is 0 Å². The fourth-order valence-corrected chi connectivity index (χ4v) is 2.55. The zero-order chi connectivity index (χ0) is 18.5. The fourth-order valence-electron chi connectivity index (χ4n) is 2.55. The standard InChI is InChI=1S/C21H22N2O3/c1-14(2)16-9-11-17(12-10-16)22-21(24)20-19(15(3)26-23-20)13-25-18-7-5-4-6-8-18/h4-12,14H,13H2,1-3H3,(H,22,24). The van der Waals surface area contributed by atoms with E-state index in [1.807, 2.05) is 54.6 Å². The number of aromatic nitrogens is 1. The first-order valence-electron chi connectivity index (χ1n) is 8.59. The lowest BCUT2D eigenvalue weighted by Crippen LogP contribution is -2.15. The Morgan fingerprint density at radius 3 is 2.46 bits per heavy atom. The van der Waals surface area contributed by atoms with Crippen LogP contribution >= 0.6 is 0 Å². The summed E-state index contributed by atoms with van der Waals surface area (Å²) < 4.78 is 10.9. The highest BCUT2D eigenvalue weighted by atomic mass is 16.5. The number of hydrogen-bond donors (Lipinski definition) is 1. The number of nitrogens with one attached hydrogen (secondary N) is 1. The van der Waals surface area contributed by atoms with Crippen molar-refractivity contribution in [2.45, 2.75) is 33.3 Å². The second-order valence-corrected chi connectivity index (χ2v) is 6.40. The lowest BCUT2D eigenvalue weighted by atomic mass is 10.0. The highest BCUT2D eigenvalue weighted by molar-refractivity contribution is 6.03. The van der Waals surface area contributed by atoms with Crippen LogP contribution in [0.5, 0.6) is 5.75 Å². The molecule has 1 amide bonds. The lowest BCUT2D eigenvalue weighted by Gasteiger charge is -2.09. The number of para-hydroxylation sites is 1. The average Bonchev–Trinajstić information content (AvgIpc) is 3.02. The molecule has 5 nitrogen and oxygen atoms in total. The van der Waals surface area contributed by atoms with Crippen molar-refractivity contribution >= 4 is 11.6 Å². The molecule has 0 unspecified atom stereocenters. The van der Waals surface area contributed by atoms with E-state index in [1.54, 1.807) is 6.92 Å². The molecule has 1 heterocycles. The molecule has 0 aliphatic rings. The quantitative estimate of drug-likeness (QED) is 0.684. The maximum absolute atomic E-state index is 12.6. The van der Waals surface area contributed by atoms with E-state index in [4.69, 9.17) is 9.26 Å². The van der Waals surface area contributed by atoms with Crippen molar-refractivity contribution in [3.8, 4) is 5.75 Å². The van der Waals surface area contributed by atoms with Gasteiger partial charge in [-0.05, 0) is 42.7 Å². The summed E-state index contributed by atoms with van der Waals surface area (Å²) in [4.78, 5) is 12.6. The molecule has 0 fully saturated rings. The first-order valence-corrected chi connectivity index (χ1v) is 8.59. The largest absolute Gasteiger partial charge is 0.489 e. The van der Waals surface area contributed by atoms with Crippen LogP contribution < -0.4 is 10.1 Å². The monoisotopic (exact) mass is 350 g/mol. The maximum Gasteiger partial charge on any atom is 0.278 e. The fraction of sp³-hybridized carbons (Fsp3) is 0.238. The molecule has 3 aromatic rings. The molecule has 0 atom stereocenters. The van der Waals surface area contributed by atoms with Crippen LogP contribution in [-0.2, 0) is 6.61 Å². The van der Waals surface area contributed by atoms with Crippen LogP contribution in [0.3, 0.4) is 0 Å². The van der Waals surface area contributed by atoms with Crippen molar-refractivity contribution in [2.75, 3.05) is 5.32 Å². The minimum atomic E-state index is -0.314. The van der Waals surface area contributed by atoms with E-state index in [9.17, 15) is 4.79 Å². The smallest absolute Gasteiger partial charge is 0.278 e. The number of anilines is 1. The summed E-state index contributed by atoms with van der Waals surface area (Å²) in [7, 11) is 0. The zero-order valence-corrected chi connectivity index (χ0v) is 15.2. The number of benzene rings is 2. The second kappa shape index (κ2) is 7.87. The van der Waals surface area contributed by atoms with Gasteiger partial charge in [0.05, 0.1) is 5.56 Å². The summed E-state index contributed by atoms with van der Waals surface area (Å²) >= 11 is 0. The highest BCUT2D eigenvalue weighted by Crippen LogP contribution is 2.20. The topological polar surface area (TPSA) is 64.4 Å². The number of amides is 1. The van der Waals surface area contributed by atoms with Crippen molar-refractivity contribution in [3.05, 3.63) is 77.2 Å². The third kappa shape index (κ3) is 4.11. The number of carbonyl (C=O) groups is 1. The Hall–Kier alpha value is -3.08. The van der Waals surface area contributed by atoms with E-state index in [-0.39, 0.29) is 18.2 Å². The molecule has 0 aliphatic carbocycles. The molecule has 1 N–H and O–H groups in total. The number of rotatable bonds is 6. The Morgan fingerprint density at radius 2 is 1.81 bits per heavy atom. The molecule has 0 aliphatic heterocycles. The second-order valence-electron chi connectivity index (χ2n) is 6.40. The van der Waals surface area contributed by atoms with Crippen LogP contribution in [0.15, 0.2) is 59.1 Å². The predicted octanol–water partition coefficient (Wildman–Crippen LogP) is 4.94. The molecule has 0 saturated carbocycles. The molecule has 2 aromatic carbocycles. The number of carbonyl (C=O) groups excluding carboxylic acids is 1. The van der Waals surface area contributed by atoms with Gasteiger partial charge in [0.2, 0.25) is 0 Å². The van der Waals surface area contributed by atoms with E-state index in [2.05, 4.69) is 24.3 Å². The van der Waals surface area contributed by atoms with Crippen LogP contribution in [0.25, 0.3) is 0 Å². The Kier molecular flexibility index (Phi) is 5.37. The normalized spacial score (nSPS) is 10.8. The van der Waals surface area contributed by atoms with Crippen LogP contribution in [-0.4, -0.2) is 11.1 Å². The van der Waals surface area contributed by atoms with E-state index in [0.29, 0.717) is 17.2 Å². The van der Waals surface area contributed by atoms with Crippen molar-refractivity contribution < 1.29 is 14.1 Å². The van der Waals surface area contributed by atoms with Gasteiger partial charge in [-0.2, -0.15) is 0 Å². The van der Waals surface area contributed by atoms with Gasteiger partial charge in [0.15, 0.2) is 5.69 Å². The van der Waals surface area contributed by atoms with Gasteiger partial charge in [0.25, 0.3) is 5.91 Å². The molecule has 26 heavy (non-hydrogen) atoms. The number of aryl methyl sites for hydroxylation is 1. The zero-order valence-electron chi connectivity index (χ0n) is 15.2. The van der Waals surface area contributed by atoms with Gasteiger partial charge in [-0.1, -0.05) is 49.3 Å². The molecule has 3 rings (SSSR count). The summed E-state index contributed by atoms with van der Waals surface area (Å²) in [6.07, 6.45) is 0. The SMILES string of the molecule is Cc1onc(C(=O)Nc2ccc(C(C)C)cc2)c1COc1ccccc1. The first-order chi connectivity index (χ1) is 12.5. The van der Waals surface area contributed by atoms with Crippen LogP contribution in [0.4, 0.5) is 5.69 Å². The Balaban J connectivity index is 1.71. The Morgan fingerprint density at radius 1 is 1.12 bits per heavy atom. The van der Waals surface area contributed by atoms with Gasteiger partial charge in [-0.3, -0.25) is 4.79 Å². The highest BCUT2D eigenvalue weighted by Gasteiger charge is 2.20. The van der Waals surface area contributed by atoms with Crippen LogP contribution in [0.1, 0.15) is 47.1 Å². The number of nitrogens with zero attached hydrogens (tertiary/aromatic N) is 1. The van der Waals surface area contributed by atoms with E-state index in [1.165, 1.54) is 5.56 Å². The maximum atomic E-state index is 12.6. The predicted molar refractivity (Wildman–Crippen MR) is 100 cm³/mol. The van der Waals surface area contributed by atoms with Gasteiger partial charge >= 0.3 is 0 Å². The molecule has 0 spiro atoms. The molecule has 0 radical (unpaired) electrons. The number of hydrogen-bond acceptors (Lipinski definition) is 4. The molecule has 5 heteroatoms. The molecule has 1 aromatic heterocycles. The summed E-state index contributed by atoms with van der Waals surface area (Å²) in [6.45, 7) is 6.24. The van der Waals surface area contributed by atoms with Gasteiger partial charge < -0.3 is 14.6 Å². The lowest BCUT2D eigenvalue weighted by molar-refractivity contribution is 0.101. The minimum Gasteiger partial charge on any atom is -0.489 e. The van der Waals surface area contributed by atoms with E-state index >= 15 is 0 Å².